The zero-order chi connectivity index (χ0) is 76.9. The molecule has 21 nitrogen and oxygen atoms in total. The number of alkyl halides is 3. The number of nitrogens with zero attached hydrogens (tertiary/aromatic N) is 4. The molecule has 550 valence electrons. The zero-order valence-electron chi connectivity index (χ0n) is 57.2. The highest BCUT2D eigenvalue weighted by molar-refractivity contribution is 7.94. The number of carbonyl (C=O) groups is 4. The Kier molecular flexibility index (Phi) is 25.4. The van der Waals surface area contributed by atoms with Gasteiger partial charge in [0.1, 0.15) is 30.6 Å². The van der Waals surface area contributed by atoms with Crippen LogP contribution in [0.1, 0.15) is 118 Å². The molecule has 4 aromatic heterocycles. The van der Waals surface area contributed by atoms with Crippen LogP contribution in [-0.4, -0.2) is 96.4 Å². The molecule has 4 N–H and O–H groups in total. The lowest BCUT2D eigenvalue weighted by Gasteiger charge is -2.24. The van der Waals surface area contributed by atoms with Gasteiger partial charge in [-0.2, -0.15) is 13.2 Å². The second kappa shape index (κ2) is 31.8. The number of rotatable bonds is 18. The molecule has 0 unspecified atom stereocenters. The first-order valence-corrected chi connectivity index (χ1v) is 39.6. The summed E-state index contributed by atoms with van der Waals surface area (Å²) in [7, 11) is -16.0. The lowest BCUT2D eigenvalue weighted by Crippen LogP contribution is -2.44. The molecule has 1 saturated carbocycles. The van der Waals surface area contributed by atoms with Crippen molar-refractivity contribution < 1.29 is 74.9 Å². The van der Waals surface area contributed by atoms with Gasteiger partial charge in [-0.15, -0.1) is 22.7 Å². The molecule has 5 aromatic carbocycles. The fourth-order valence-corrected chi connectivity index (χ4v) is 16.0. The number of thiazole rings is 2. The van der Waals surface area contributed by atoms with Crippen LogP contribution in [-0.2, 0) is 70.1 Å². The van der Waals surface area contributed by atoms with Gasteiger partial charge >= 0.3 is 6.18 Å². The maximum atomic E-state index is 13.8. The Morgan fingerprint density at radius 2 is 0.883 bits per heavy atom. The highest BCUT2D eigenvalue weighted by Crippen LogP contribution is 2.42. The Morgan fingerprint density at radius 1 is 0.495 bits per heavy atom. The summed E-state index contributed by atoms with van der Waals surface area (Å²) in [5.41, 5.74) is 1.70. The molecule has 1 aliphatic carbocycles. The van der Waals surface area contributed by atoms with E-state index in [1.807, 2.05) is 26.2 Å². The third-order valence-corrected chi connectivity index (χ3v) is 28.1. The Hall–Kier alpha value is -8.01. The number of benzene rings is 5. The molecular formula is C69H71Cl3F4N8O13S6. The summed E-state index contributed by atoms with van der Waals surface area (Å²) in [5.74, 6) is -2.40. The first-order valence-electron chi connectivity index (χ1n) is 30.8. The number of sulfone groups is 4. The van der Waals surface area contributed by atoms with Gasteiger partial charge in [-0.05, 0) is 202 Å². The quantitative estimate of drug-likeness (QED) is 0.0580. The van der Waals surface area contributed by atoms with E-state index < -0.39 is 99.5 Å². The van der Waals surface area contributed by atoms with E-state index in [0.29, 0.717) is 48.3 Å². The number of amides is 4. The highest BCUT2D eigenvalue weighted by Gasteiger charge is 2.47. The number of halogens is 7. The van der Waals surface area contributed by atoms with Gasteiger partial charge in [0.05, 0.1) is 36.5 Å². The summed E-state index contributed by atoms with van der Waals surface area (Å²) in [5, 5.41) is 19.4. The van der Waals surface area contributed by atoms with Crippen molar-refractivity contribution >= 4 is 142 Å². The summed E-state index contributed by atoms with van der Waals surface area (Å²) in [6.45, 7) is 17.8. The van der Waals surface area contributed by atoms with Crippen LogP contribution in [0.25, 0.3) is 11.3 Å². The predicted molar refractivity (Wildman–Crippen MR) is 391 cm³/mol. The maximum Gasteiger partial charge on any atom is 0.416 e. The Balaban J connectivity index is 0.000000192. The molecule has 4 heterocycles. The smallest absolute Gasteiger partial charge is 0.359 e. The van der Waals surface area contributed by atoms with Crippen molar-refractivity contribution in [3.8, 4) is 11.3 Å². The molecule has 4 amide bonds. The third-order valence-electron chi connectivity index (χ3n) is 16.1. The zero-order valence-corrected chi connectivity index (χ0v) is 64.4. The molecule has 9 aromatic rings. The minimum Gasteiger partial charge on any atom is -0.359 e. The molecule has 0 spiro atoms. The van der Waals surface area contributed by atoms with Crippen LogP contribution in [0, 0.1) is 12.7 Å². The highest BCUT2D eigenvalue weighted by atomic mass is 35.5. The van der Waals surface area contributed by atoms with Crippen molar-refractivity contribution in [3.63, 3.8) is 0 Å². The molecule has 0 atom stereocenters. The summed E-state index contributed by atoms with van der Waals surface area (Å²) in [6.07, 6.45) is 1.03. The second-order valence-electron chi connectivity index (χ2n) is 26.2. The Morgan fingerprint density at radius 3 is 1.28 bits per heavy atom. The van der Waals surface area contributed by atoms with Crippen LogP contribution in [0.5, 0.6) is 0 Å². The average molecular weight is 1600 g/mol. The number of pyridine rings is 1. The number of aryl methyl sites for hydroxylation is 1. The van der Waals surface area contributed by atoms with E-state index in [2.05, 4.69) is 41.4 Å². The lowest BCUT2D eigenvalue weighted by atomic mass is 9.93. The number of carbonyl (C=O) groups excluding carboxylic acids is 4. The maximum absolute atomic E-state index is 13.8. The Labute approximate surface area is 617 Å². The minimum absolute atomic E-state index is 0.0312. The monoisotopic (exact) mass is 1590 g/mol. The molecule has 34 heteroatoms. The van der Waals surface area contributed by atoms with E-state index in [4.69, 9.17) is 39.3 Å². The van der Waals surface area contributed by atoms with Crippen molar-refractivity contribution in [2.75, 3.05) is 21.3 Å². The number of nitrogens with one attached hydrogen (secondary N) is 4. The average Bonchev–Trinajstić information content (AvgIpc) is 1.05. The van der Waals surface area contributed by atoms with Crippen LogP contribution < -0.4 is 21.3 Å². The van der Waals surface area contributed by atoms with Crippen LogP contribution in [0.15, 0.2) is 181 Å². The summed E-state index contributed by atoms with van der Waals surface area (Å²) in [4.78, 5) is 62.8. The fourth-order valence-electron chi connectivity index (χ4n) is 8.62. The minimum atomic E-state index is -4.50. The van der Waals surface area contributed by atoms with E-state index in [-0.39, 0.29) is 36.5 Å². The normalized spacial score (nSPS) is 13.2. The van der Waals surface area contributed by atoms with Gasteiger partial charge in [-0.3, -0.25) is 24.2 Å². The summed E-state index contributed by atoms with van der Waals surface area (Å²) < 4.78 is 152. The molecule has 0 saturated heterocycles. The number of aromatic nitrogens is 4. The van der Waals surface area contributed by atoms with Crippen molar-refractivity contribution in [2.24, 2.45) is 0 Å². The molecule has 1 aliphatic rings. The molecule has 103 heavy (non-hydrogen) atoms. The van der Waals surface area contributed by atoms with E-state index in [9.17, 15) is 70.4 Å². The van der Waals surface area contributed by atoms with E-state index in [1.54, 1.807) is 36.0 Å². The van der Waals surface area contributed by atoms with Gasteiger partial charge in [-0.1, -0.05) is 66.8 Å². The standard InChI is InChI=1S/C18H16ClN3O3S2.C18H23FN2O4S.C17H15ClF3NO3S.C16H17ClN2O3S2/c1-18(2,27(24,25)14-5-3-13(19)4-6-14)16(23)22-17-21-15(11-26-17)12-7-9-20-10-8-12;1-11-7-8-12(9-13(11)19)26(23,24)18(5,6)16(22)20-15-10-14(25-21-15)17(2,3)4;1-16(2,26(24,25)14-9-5-12(18)6-10-14)15(23)22-13-7-3-11(4-8-13)17(19,20)21;1-16(2,24(21,22)12-7-5-11(17)6-8-12)14(20)19-15-18-13(9-23-15)10-3-4-10/h3-11H,1-2H3,(H,21,22,23);7-10H,1-6H3,(H,20,21,22);3-10H,1-2H3,(H,22,23);5-10H,3-4H2,1-2H3,(H,18,19,20). The van der Waals surface area contributed by atoms with Gasteiger partial charge in [0.25, 0.3) is 0 Å². The lowest BCUT2D eigenvalue weighted by molar-refractivity contribution is -0.137. The van der Waals surface area contributed by atoms with Gasteiger partial charge in [0.15, 0.2) is 55.4 Å². The predicted octanol–water partition coefficient (Wildman–Crippen LogP) is 16.1. The molecule has 0 aliphatic heterocycles. The summed E-state index contributed by atoms with van der Waals surface area (Å²) in [6, 6.07) is 29.3. The van der Waals surface area contributed by atoms with Crippen LogP contribution >= 0.6 is 57.5 Å². The van der Waals surface area contributed by atoms with E-state index in [1.165, 1.54) is 170 Å². The van der Waals surface area contributed by atoms with Crippen molar-refractivity contribution in [1.82, 2.24) is 20.1 Å². The van der Waals surface area contributed by atoms with Gasteiger partial charge in [0, 0.05) is 66.9 Å². The first kappa shape index (κ1) is 82.3. The molecule has 10 rings (SSSR count). The second-order valence-corrected chi connectivity index (χ2v) is 39.2. The molecule has 1 fully saturated rings. The molecular weight excluding hydrogens is 1520 g/mol. The van der Waals surface area contributed by atoms with Crippen molar-refractivity contribution in [1.29, 1.82) is 0 Å². The SMILES string of the molecule is CC(C)(C(=O)Nc1ccc(C(F)(F)F)cc1)S(=O)(=O)c1ccc(Cl)cc1.CC(C)(C(=O)Nc1nc(-c2ccncc2)cs1)S(=O)(=O)c1ccc(Cl)cc1.CC(C)(C(=O)Nc1nc(C2CC2)cs1)S(=O)(=O)c1ccc(Cl)cc1.Cc1ccc(S(=O)(=O)C(C)(C)C(=O)Nc2cc(C(C)(C)C)on2)cc1F. The first-order chi connectivity index (χ1) is 47.5. The van der Waals surface area contributed by atoms with Gasteiger partial charge in [-0.25, -0.2) is 48.0 Å². The number of anilines is 4. The Bertz CT molecular complexity index is 5050. The number of hydrogen-bond acceptors (Lipinski definition) is 19. The van der Waals surface area contributed by atoms with Crippen molar-refractivity contribution in [2.45, 2.75) is 152 Å². The van der Waals surface area contributed by atoms with E-state index in [0.717, 1.165) is 54.4 Å². The molecule has 0 bridgehead atoms. The van der Waals surface area contributed by atoms with Crippen LogP contribution in [0.4, 0.5) is 39.3 Å². The van der Waals surface area contributed by atoms with Gasteiger partial charge < -0.3 is 25.8 Å². The molecule has 0 radical (unpaired) electrons. The fraction of sp³-hybridized carbons (Fsp3) is 0.304. The number of hydrogen-bond donors (Lipinski definition) is 4. The van der Waals surface area contributed by atoms with E-state index >= 15 is 0 Å². The van der Waals surface area contributed by atoms with Crippen LogP contribution in [0.2, 0.25) is 15.1 Å². The third kappa shape index (κ3) is 19.3. The summed E-state index contributed by atoms with van der Waals surface area (Å²) >= 11 is 19.9. The van der Waals surface area contributed by atoms with Crippen molar-refractivity contribution in [3.05, 3.63) is 200 Å². The topological polar surface area (TPSA) is 318 Å². The van der Waals surface area contributed by atoms with Gasteiger partial charge in [0.2, 0.25) is 23.6 Å². The largest absolute Gasteiger partial charge is 0.416 e. The van der Waals surface area contributed by atoms with Crippen LogP contribution in [0.3, 0.4) is 0 Å².